The van der Waals surface area contributed by atoms with Crippen molar-refractivity contribution in [3.05, 3.63) is 35.9 Å². The molecule has 0 radical (unpaired) electrons. The van der Waals surface area contributed by atoms with Gasteiger partial charge in [-0.25, -0.2) is 4.79 Å². The summed E-state index contributed by atoms with van der Waals surface area (Å²) < 4.78 is 5.41. The molecular weight excluding hydrogens is 254 g/mol. The van der Waals surface area contributed by atoms with E-state index in [1.807, 2.05) is 39.0 Å². The normalized spacial score (nSPS) is 18.9. The maximum Gasteiger partial charge on any atom is 0.329 e. The third kappa shape index (κ3) is 3.38. The minimum atomic E-state index is -0.527. The van der Waals surface area contributed by atoms with Gasteiger partial charge in [-0.2, -0.15) is 0 Å². The van der Waals surface area contributed by atoms with Gasteiger partial charge in [0.05, 0.1) is 0 Å². The third-order valence-electron chi connectivity index (χ3n) is 3.21. The summed E-state index contributed by atoms with van der Waals surface area (Å²) in [4.78, 5) is 26.3. The molecule has 0 unspecified atom stereocenters. The van der Waals surface area contributed by atoms with E-state index in [0.29, 0.717) is 18.5 Å². The van der Waals surface area contributed by atoms with E-state index in [0.717, 1.165) is 6.42 Å². The summed E-state index contributed by atoms with van der Waals surface area (Å²) in [7, 11) is 0. The Morgan fingerprint density at radius 2 is 1.85 bits per heavy atom. The summed E-state index contributed by atoms with van der Waals surface area (Å²) in [6, 6.07) is 8.60. The molecule has 1 aliphatic rings. The van der Waals surface area contributed by atoms with Crippen molar-refractivity contribution in [2.45, 2.75) is 45.3 Å². The zero-order valence-corrected chi connectivity index (χ0v) is 12.3. The van der Waals surface area contributed by atoms with Gasteiger partial charge in [0.1, 0.15) is 11.6 Å². The summed E-state index contributed by atoms with van der Waals surface area (Å²) in [5.41, 5.74) is 0.0872. The van der Waals surface area contributed by atoms with E-state index in [1.165, 1.54) is 0 Å². The zero-order valence-electron chi connectivity index (χ0n) is 12.3. The van der Waals surface area contributed by atoms with Crippen LogP contribution in [0.15, 0.2) is 30.3 Å². The molecule has 1 aromatic rings. The Bertz CT molecular complexity index is 490. The lowest BCUT2D eigenvalue weighted by atomic mass is 10.1. The van der Waals surface area contributed by atoms with Gasteiger partial charge in [0.2, 0.25) is 0 Å². The molecule has 1 aromatic carbocycles. The predicted octanol–water partition coefficient (Wildman–Crippen LogP) is 2.63. The lowest BCUT2D eigenvalue weighted by molar-refractivity contribution is -0.159. The Morgan fingerprint density at radius 3 is 2.45 bits per heavy atom. The van der Waals surface area contributed by atoms with Gasteiger partial charge in [-0.1, -0.05) is 18.2 Å². The number of hydrogen-bond acceptors (Lipinski definition) is 3. The molecule has 1 atom stereocenters. The number of likely N-dealkylation sites (tertiary alicyclic amines) is 1. The first-order valence-electron chi connectivity index (χ1n) is 6.97. The second kappa shape index (κ2) is 5.65. The predicted molar refractivity (Wildman–Crippen MR) is 76.3 cm³/mol. The van der Waals surface area contributed by atoms with Gasteiger partial charge in [0, 0.05) is 12.1 Å². The molecular formula is C16H21NO3. The fourth-order valence-electron chi connectivity index (χ4n) is 2.37. The molecule has 0 bridgehead atoms. The number of hydrogen-bond donors (Lipinski definition) is 0. The van der Waals surface area contributed by atoms with Gasteiger partial charge >= 0.3 is 5.97 Å². The van der Waals surface area contributed by atoms with Crippen molar-refractivity contribution in [3.8, 4) is 0 Å². The van der Waals surface area contributed by atoms with Crippen LogP contribution in [0.3, 0.4) is 0 Å². The third-order valence-corrected chi connectivity index (χ3v) is 3.21. The number of rotatable bonds is 2. The SMILES string of the molecule is CC(C)(C)OC(=O)[C@H]1CCCN1C(=O)c1ccccc1. The summed E-state index contributed by atoms with van der Waals surface area (Å²) >= 11 is 0. The zero-order chi connectivity index (χ0) is 14.8. The Morgan fingerprint density at radius 1 is 1.20 bits per heavy atom. The Labute approximate surface area is 119 Å². The average Bonchev–Trinajstić information content (AvgIpc) is 2.86. The van der Waals surface area contributed by atoms with E-state index in [4.69, 9.17) is 4.74 Å². The van der Waals surface area contributed by atoms with Crippen molar-refractivity contribution in [2.75, 3.05) is 6.54 Å². The van der Waals surface area contributed by atoms with Crippen molar-refractivity contribution >= 4 is 11.9 Å². The van der Waals surface area contributed by atoms with Crippen LogP contribution >= 0.6 is 0 Å². The molecule has 108 valence electrons. The quantitative estimate of drug-likeness (QED) is 0.779. The molecule has 20 heavy (non-hydrogen) atoms. The number of nitrogens with zero attached hydrogens (tertiary/aromatic N) is 1. The topological polar surface area (TPSA) is 46.6 Å². The molecule has 0 N–H and O–H groups in total. The fraction of sp³-hybridized carbons (Fsp3) is 0.500. The second-order valence-electron chi connectivity index (χ2n) is 6.06. The van der Waals surface area contributed by atoms with Gasteiger partial charge in [0.25, 0.3) is 5.91 Å². The van der Waals surface area contributed by atoms with Crippen LogP contribution in [0.5, 0.6) is 0 Å². The molecule has 0 saturated carbocycles. The Hall–Kier alpha value is -1.84. The van der Waals surface area contributed by atoms with Crippen LogP contribution in [-0.4, -0.2) is 35.0 Å². The van der Waals surface area contributed by atoms with E-state index in [-0.39, 0.29) is 11.9 Å². The van der Waals surface area contributed by atoms with Gasteiger partial charge in [-0.05, 0) is 45.7 Å². The lowest BCUT2D eigenvalue weighted by Gasteiger charge is -2.27. The van der Waals surface area contributed by atoms with E-state index >= 15 is 0 Å². The molecule has 0 aliphatic carbocycles. The first-order valence-corrected chi connectivity index (χ1v) is 6.97. The highest BCUT2D eigenvalue weighted by molar-refractivity contribution is 5.97. The fourth-order valence-corrected chi connectivity index (χ4v) is 2.37. The van der Waals surface area contributed by atoms with Crippen LogP contribution in [0.25, 0.3) is 0 Å². The molecule has 1 saturated heterocycles. The molecule has 2 rings (SSSR count). The molecule has 4 nitrogen and oxygen atoms in total. The minimum Gasteiger partial charge on any atom is -0.458 e. The highest BCUT2D eigenvalue weighted by Gasteiger charge is 2.37. The number of ether oxygens (including phenoxy) is 1. The monoisotopic (exact) mass is 275 g/mol. The maximum absolute atomic E-state index is 12.4. The first kappa shape index (κ1) is 14.6. The van der Waals surface area contributed by atoms with Crippen molar-refractivity contribution in [3.63, 3.8) is 0 Å². The minimum absolute atomic E-state index is 0.0982. The molecule has 1 aliphatic heterocycles. The second-order valence-corrected chi connectivity index (χ2v) is 6.06. The highest BCUT2D eigenvalue weighted by atomic mass is 16.6. The average molecular weight is 275 g/mol. The van der Waals surface area contributed by atoms with Crippen LogP contribution in [-0.2, 0) is 9.53 Å². The van der Waals surface area contributed by atoms with Gasteiger partial charge in [0.15, 0.2) is 0 Å². The smallest absolute Gasteiger partial charge is 0.329 e. The van der Waals surface area contributed by atoms with Crippen molar-refractivity contribution in [1.82, 2.24) is 4.90 Å². The first-order chi connectivity index (χ1) is 9.38. The number of carbonyl (C=O) groups is 2. The Kier molecular flexibility index (Phi) is 4.12. The molecule has 1 heterocycles. The van der Waals surface area contributed by atoms with E-state index in [9.17, 15) is 9.59 Å². The Balaban J connectivity index is 2.11. The molecule has 1 amide bonds. The van der Waals surface area contributed by atoms with Crippen LogP contribution in [0.4, 0.5) is 0 Å². The van der Waals surface area contributed by atoms with E-state index in [2.05, 4.69) is 0 Å². The molecule has 0 aromatic heterocycles. The summed E-state index contributed by atoms with van der Waals surface area (Å²) in [5, 5.41) is 0. The number of carbonyl (C=O) groups excluding carboxylic acids is 2. The van der Waals surface area contributed by atoms with Crippen LogP contribution < -0.4 is 0 Å². The van der Waals surface area contributed by atoms with E-state index < -0.39 is 11.6 Å². The van der Waals surface area contributed by atoms with Gasteiger partial charge in [-0.3, -0.25) is 4.79 Å². The van der Waals surface area contributed by atoms with Crippen LogP contribution in [0.2, 0.25) is 0 Å². The molecule has 1 fully saturated rings. The molecule has 0 spiro atoms. The maximum atomic E-state index is 12.4. The summed E-state index contributed by atoms with van der Waals surface area (Å²) in [5.74, 6) is -0.404. The summed E-state index contributed by atoms with van der Waals surface area (Å²) in [6.07, 6.45) is 1.51. The van der Waals surface area contributed by atoms with E-state index in [1.54, 1.807) is 17.0 Å². The van der Waals surface area contributed by atoms with Crippen molar-refractivity contribution in [2.24, 2.45) is 0 Å². The standard InChI is InChI=1S/C16H21NO3/c1-16(2,3)20-15(19)13-10-7-11-17(13)14(18)12-8-5-4-6-9-12/h4-6,8-9,13H,7,10-11H2,1-3H3/t13-/m1/s1. The van der Waals surface area contributed by atoms with Gasteiger partial charge in [-0.15, -0.1) is 0 Å². The highest BCUT2D eigenvalue weighted by Crippen LogP contribution is 2.23. The lowest BCUT2D eigenvalue weighted by Crippen LogP contribution is -2.43. The number of amides is 1. The largest absolute Gasteiger partial charge is 0.458 e. The van der Waals surface area contributed by atoms with Gasteiger partial charge < -0.3 is 9.64 Å². The molecule has 4 heteroatoms. The number of esters is 1. The van der Waals surface area contributed by atoms with Crippen molar-refractivity contribution in [1.29, 1.82) is 0 Å². The van der Waals surface area contributed by atoms with Crippen LogP contribution in [0, 0.1) is 0 Å². The van der Waals surface area contributed by atoms with Crippen molar-refractivity contribution < 1.29 is 14.3 Å². The number of benzene rings is 1. The van der Waals surface area contributed by atoms with Crippen LogP contribution in [0.1, 0.15) is 44.0 Å². The summed E-state index contributed by atoms with van der Waals surface area (Å²) in [6.45, 7) is 6.12.